The first kappa shape index (κ1) is 21.2. The van der Waals surface area contributed by atoms with E-state index in [-0.39, 0.29) is 11.8 Å². The fourth-order valence-electron chi connectivity index (χ4n) is 2.78. The summed E-state index contributed by atoms with van der Waals surface area (Å²) >= 11 is 0. The van der Waals surface area contributed by atoms with Gasteiger partial charge < -0.3 is 14.4 Å². The van der Waals surface area contributed by atoms with Gasteiger partial charge in [0.2, 0.25) is 10.0 Å². The van der Waals surface area contributed by atoms with Crippen molar-refractivity contribution >= 4 is 10.0 Å². The summed E-state index contributed by atoms with van der Waals surface area (Å²) in [5, 5.41) is 0. The smallest absolute Gasteiger partial charge is 0.211 e. The number of rotatable bonds is 10. The zero-order valence-electron chi connectivity index (χ0n) is 16.3. The summed E-state index contributed by atoms with van der Waals surface area (Å²) in [6, 6.07) is 15.1. The van der Waals surface area contributed by atoms with Gasteiger partial charge in [-0.15, -0.1) is 0 Å². The standard InChI is InChI=1S/C20H28N2O4S/c1-22(2)20(17-8-10-18(25-3)11-9-17)15-21-27(23,24)13-12-16-6-5-7-19(14-16)26-4/h5-11,14,20-21H,12-13,15H2,1-4H3. The zero-order chi connectivity index (χ0) is 19.9. The lowest BCUT2D eigenvalue weighted by Gasteiger charge is -2.25. The second kappa shape index (κ2) is 9.73. The minimum atomic E-state index is -3.39. The molecule has 1 atom stereocenters. The number of nitrogens with one attached hydrogen (secondary N) is 1. The molecule has 2 rings (SSSR count). The quantitative estimate of drug-likeness (QED) is 0.673. The molecule has 0 aliphatic rings. The van der Waals surface area contributed by atoms with Gasteiger partial charge in [0.1, 0.15) is 11.5 Å². The lowest BCUT2D eigenvalue weighted by Crippen LogP contribution is -2.36. The molecule has 1 N–H and O–H groups in total. The molecule has 0 fully saturated rings. The molecule has 0 aliphatic heterocycles. The van der Waals surface area contributed by atoms with Crippen molar-refractivity contribution < 1.29 is 17.9 Å². The molecule has 2 aromatic carbocycles. The third-order valence-corrected chi connectivity index (χ3v) is 5.76. The summed E-state index contributed by atoms with van der Waals surface area (Å²) in [4.78, 5) is 1.99. The van der Waals surface area contributed by atoms with Crippen molar-refractivity contribution in [1.29, 1.82) is 0 Å². The normalized spacial score (nSPS) is 12.8. The van der Waals surface area contributed by atoms with Gasteiger partial charge in [-0.05, 0) is 55.9 Å². The van der Waals surface area contributed by atoms with Crippen molar-refractivity contribution in [2.24, 2.45) is 0 Å². The van der Waals surface area contributed by atoms with Crippen LogP contribution < -0.4 is 14.2 Å². The molecule has 148 valence electrons. The van der Waals surface area contributed by atoms with E-state index in [1.165, 1.54) is 0 Å². The molecule has 2 aromatic rings. The number of ether oxygens (including phenoxy) is 2. The lowest BCUT2D eigenvalue weighted by atomic mass is 10.1. The van der Waals surface area contributed by atoms with Gasteiger partial charge in [0, 0.05) is 12.6 Å². The van der Waals surface area contributed by atoms with Gasteiger partial charge in [-0.25, -0.2) is 13.1 Å². The first-order valence-corrected chi connectivity index (χ1v) is 10.4. The molecule has 0 amide bonds. The van der Waals surface area contributed by atoms with Crippen LogP contribution in [0.25, 0.3) is 0 Å². The number of methoxy groups -OCH3 is 2. The first-order chi connectivity index (χ1) is 12.8. The molecule has 0 spiro atoms. The molecular formula is C20H28N2O4S. The highest BCUT2D eigenvalue weighted by Crippen LogP contribution is 2.21. The maximum atomic E-state index is 12.4. The minimum absolute atomic E-state index is 0.0307. The van der Waals surface area contributed by atoms with E-state index >= 15 is 0 Å². The fourth-order valence-corrected chi connectivity index (χ4v) is 3.84. The van der Waals surface area contributed by atoms with Crippen LogP contribution in [0.3, 0.4) is 0 Å². The minimum Gasteiger partial charge on any atom is -0.497 e. The predicted molar refractivity (Wildman–Crippen MR) is 108 cm³/mol. The van der Waals surface area contributed by atoms with Gasteiger partial charge in [-0.2, -0.15) is 0 Å². The van der Waals surface area contributed by atoms with Gasteiger partial charge in [-0.3, -0.25) is 0 Å². The second-order valence-corrected chi connectivity index (χ2v) is 8.45. The highest BCUT2D eigenvalue weighted by molar-refractivity contribution is 7.89. The van der Waals surface area contributed by atoms with Crippen molar-refractivity contribution in [3.63, 3.8) is 0 Å². The molecule has 0 saturated heterocycles. The Hall–Kier alpha value is -2.09. The largest absolute Gasteiger partial charge is 0.497 e. The van der Waals surface area contributed by atoms with Crippen molar-refractivity contribution in [1.82, 2.24) is 9.62 Å². The number of nitrogens with zero attached hydrogens (tertiary/aromatic N) is 1. The van der Waals surface area contributed by atoms with Crippen molar-refractivity contribution in [2.45, 2.75) is 12.5 Å². The van der Waals surface area contributed by atoms with Crippen LogP contribution in [0.5, 0.6) is 11.5 Å². The number of likely N-dealkylation sites (N-methyl/N-ethyl adjacent to an activating group) is 1. The summed E-state index contributed by atoms with van der Waals surface area (Å²) in [5.41, 5.74) is 1.95. The van der Waals surface area contributed by atoms with Crippen LogP contribution in [0.1, 0.15) is 17.2 Å². The summed E-state index contributed by atoms with van der Waals surface area (Å²) in [6.45, 7) is 0.305. The Morgan fingerprint density at radius 1 is 1.00 bits per heavy atom. The molecular weight excluding hydrogens is 364 g/mol. The number of aryl methyl sites for hydroxylation is 1. The Morgan fingerprint density at radius 2 is 1.67 bits per heavy atom. The van der Waals surface area contributed by atoms with E-state index in [1.54, 1.807) is 14.2 Å². The first-order valence-electron chi connectivity index (χ1n) is 8.75. The summed E-state index contributed by atoms with van der Waals surface area (Å²) in [6.07, 6.45) is 0.432. The highest BCUT2D eigenvalue weighted by atomic mass is 32.2. The molecule has 27 heavy (non-hydrogen) atoms. The number of hydrogen-bond donors (Lipinski definition) is 1. The Labute approximate surface area is 162 Å². The van der Waals surface area contributed by atoms with Gasteiger partial charge >= 0.3 is 0 Å². The molecule has 0 radical (unpaired) electrons. The third-order valence-electron chi connectivity index (χ3n) is 4.41. The van der Waals surface area contributed by atoms with Crippen LogP contribution in [0.2, 0.25) is 0 Å². The molecule has 0 aliphatic carbocycles. The van der Waals surface area contributed by atoms with Crippen LogP contribution in [0.4, 0.5) is 0 Å². The monoisotopic (exact) mass is 392 g/mol. The van der Waals surface area contributed by atoms with Crippen LogP contribution in [0, 0.1) is 0 Å². The zero-order valence-corrected chi connectivity index (χ0v) is 17.1. The molecule has 7 heteroatoms. The molecule has 0 saturated carbocycles. The number of sulfonamides is 1. The molecule has 0 bridgehead atoms. The van der Waals surface area contributed by atoms with Crippen molar-refractivity contribution in [2.75, 3.05) is 40.6 Å². The van der Waals surface area contributed by atoms with Gasteiger partial charge in [0.15, 0.2) is 0 Å². The van der Waals surface area contributed by atoms with Crippen LogP contribution in [-0.4, -0.2) is 53.9 Å². The summed E-state index contributed by atoms with van der Waals surface area (Å²) < 4.78 is 38.0. The average Bonchev–Trinajstić information content (AvgIpc) is 2.67. The maximum Gasteiger partial charge on any atom is 0.211 e. The van der Waals surface area contributed by atoms with E-state index in [1.807, 2.05) is 67.5 Å². The van der Waals surface area contributed by atoms with Gasteiger partial charge in [0.25, 0.3) is 0 Å². The molecule has 0 aromatic heterocycles. The Kier molecular flexibility index (Phi) is 7.65. The highest BCUT2D eigenvalue weighted by Gasteiger charge is 2.18. The predicted octanol–water partition coefficient (Wildman–Crippen LogP) is 2.47. The topological polar surface area (TPSA) is 67.9 Å². The van der Waals surface area contributed by atoms with Crippen LogP contribution in [-0.2, 0) is 16.4 Å². The van der Waals surface area contributed by atoms with Crippen molar-refractivity contribution in [3.8, 4) is 11.5 Å². The van der Waals surface area contributed by atoms with Crippen LogP contribution in [0.15, 0.2) is 48.5 Å². The molecule has 1 unspecified atom stereocenters. The number of benzene rings is 2. The van der Waals surface area contributed by atoms with Crippen LogP contribution >= 0.6 is 0 Å². The summed E-state index contributed by atoms with van der Waals surface area (Å²) in [7, 11) is 3.68. The van der Waals surface area contributed by atoms with E-state index in [2.05, 4.69) is 4.72 Å². The van der Waals surface area contributed by atoms with E-state index in [0.29, 0.717) is 13.0 Å². The summed E-state index contributed by atoms with van der Waals surface area (Å²) in [5.74, 6) is 1.53. The van der Waals surface area contributed by atoms with E-state index in [9.17, 15) is 8.42 Å². The van der Waals surface area contributed by atoms with E-state index < -0.39 is 10.0 Å². The molecule has 0 heterocycles. The van der Waals surface area contributed by atoms with Gasteiger partial charge in [0.05, 0.1) is 20.0 Å². The second-order valence-electron chi connectivity index (χ2n) is 6.52. The SMILES string of the molecule is COc1ccc(C(CNS(=O)(=O)CCc2cccc(OC)c2)N(C)C)cc1. The Morgan fingerprint density at radius 3 is 2.26 bits per heavy atom. The average molecular weight is 393 g/mol. The fraction of sp³-hybridized carbons (Fsp3) is 0.400. The Balaban J connectivity index is 1.97. The number of hydrogen-bond acceptors (Lipinski definition) is 5. The van der Waals surface area contributed by atoms with Crippen molar-refractivity contribution in [3.05, 3.63) is 59.7 Å². The molecule has 6 nitrogen and oxygen atoms in total. The Bertz CT molecular complexity index is 820. The van der Waals surface area contributed by atoms with E-state index in [0.717, 1.165) is 22.6 Å². The maximum absolute atomic E-state index is 12.4. The third kappa shape index (κ3) is 6.53. The lowest BCUT2D eigenvalue weighted by molar-refractivity contribution is 0.299. The van der Waals surface area contributed by atoms with E-state index in [4.69, 9.17) is 9.47 Å². The van der Waals surface area contributed by atoms with Gasteiger partial charge in [-0.1, -0.05) is 24.3 Å².